The maximum absolute atomic E-state index is 11.3. The number of nitrogens with one attached hydrogen (secondary N) is 1. The van der Waals surface area contributed by atoms with Crippen LogP contribution in [0.3, 0.4) is 0 Å². The van der Waals surface area contributed by atoms with Crippen molar-refractivity contribution in [2.24, 2.45) is 0 Å². The summed E-state index contributed by atoms with van der Waals surface area (Å²) in [5, 5.41) is 6.39. The molecule has 0 saturated carbocycles. The molecule has 3 rings (SSSR count). The fourth-order valence-electron chi connectivity index (χ4n) is 2.52. The number of benzene rings is 1. The van der Waals surface area contributed by atoms with Crippen molar-refractivity contribution >= 4 is 5.91 Å². The lowest BCUT2D eigenvalue weighted by atomic mass is 9.90. The molecule has 0 fully saturated rings. The molecule has 1 amide bonds. The van der Waals surface area contributed by atoms with Crippen molar-refractivity contribution < 1.29 is 14.1 Å². The second-order valence-corrected chi connectivity index (χ2v) is 5.03. The van der Waals surface area contributed by atoms with Crippen molar-refractivity contribution in [2.75, 3.05) is 13.7 Å². The predicted octanol–water partition coefficient (Wildman–Crippen LogP) is 1.47. The molecular weight excluding hydrogens is 270 g/mol. The second-order valence-electron chi connectivity index (χ2n) is 5.03. The minimum Gasteiger partial charge on any atom is -0.493 e. The Morgan fingerprint density at radius 2 is 2.29 bits per heavy atom. The van der Waals surface area contributed by atoms with Gasteiger partial charge in [0.25, 0.3) is 0 Å². The zero-order chi connectivity index (χ0) is 14.7. The molecule has 0 saturated heterocycles. The van der Waals surface area contributed by atoms with E-state index in [2.05, 4.69) is 21.5 Å². The van der Waals surface area contributed by atoms with Crippen LogP contribution in [0.2, 0.25) is 0 Å². The highest BCUT2D eigenvalue weighted by atomic mass is 16.5. The van der Waals surface area contributed by atoms with Crippen LogP contribution < -0.4 is 10.1 Å². The van der Waals surface area contributed by atoms with Crippen LogP contribution in [0, 0.1) is 0 Å². The highest BCUT2D eigenvalue weighted by Gasteiger charge is 2.23. The first-order valence-corrected chi connectivity index (χ1v) is 7.00. The summed E-state index contributed by atoms with van der Waals surface area (Å²) < 4.78 is 10.9. The van der Waals surface area contributed by atoms with Crippen LogP contribution in [0.5, 0.6) is 5.75 Å². The molecule has 1 aromatic carbocycles. The molecule has 21 heavy (non-hydrogen) atoms. The second kappa shape index (κ2) is 5.95. The summed E-state index contributed by atoms with van der Waals surface area (Å²) in [4.78, 5) is 15.6. The Labute approximate surface area is 122 Å². The van der Waals surface area contributed by atoms with Gasteiger partial charge in [0.05, 0.1) is 13.0 Å². The Kier molecular flexibility index (Phi) is 3.85. The van der Waals surface area contributed by atoms with E-state index >= 15 is 0 Å². The van der Waals surface area contributed by atoms with E-state index in [0.29, 0.717) is 30.7 Å². The lowest BCUT2D eigenvalue weighted by molar-refractivity contribution is -0.120. The zero-order valence-electron chi connectivity index (χ0n) is 11.8. The smallest absolute Gasteiger partial charge is 0.227 e. The molecule has 110 valence electrons. The first-order valence-electron chi connectivity index (χ1n) is 7.00. The number of nitrogens with zero attached hydrogens (tertiary/aromatic N) is 2. The van der Waals surface area contributed by atoms with Gasteiger partial charge >= 0.3 is 0 Å². The molecule has 1 atom stereocenters. The van der Waals surface area contributed by atoms with Crippen molar-refractivity contribution in [1.29, 1.82) is 0 Å². The fourth-order valence-corrected chi connectivity index (χ4v) is 2.52. The van der Waals surface area contributed by atoms with Gasteiger partial charge in [-0.25, -0.2) is 0 Å². The molecular formula is C15H17N3O3. The highest BCUT2D eigenvalue weighted by molar-refractivity contribution is 5.77. The predicted molar refractivity (Wildman–Crippen MR) is 75.1 cm³/mol. The number of carbonyl (C=O) groups is 1. The Morgan fingerprint density at radius 1 is 1.43 bits per heavy atom. The van der Waals surface area contributed by atoms with Crippen molar-refractivity contribution in [2.45, 2.75) is 25.2 Å². The van der Waals surface area contributed by atoms with Gasteiger partial charge in [0, 0.05) is 13.5 Å². The molecule has 1 N–H and O–H groups in total. The molecule has 1 aliphatic heterocycles. The Bertz CT molecular complexity index is 639. The first kappa shape index (κ1) is 13.6. The number of amides is 1. The third kappa shape index (κ3) is 3.04. The van der Waals surface area contributed by atoms with Gasteiger partial charge in [0.2, 0.25) is 11.8 Å². The molecule has 0 bridgehead atoms. The number of ether oxygens (including phenoxy) is 1. The Balaban J connectivity index is 1.72. The van der Waals surface area contributed by atoms with Crippen LogP contribution in [-0.4, -0.2) is 29.7 Å². The SMILES string of the molecule is CNC(=O)Cc1noc(CC2CCOc3ccccc32)n1. The van der Waals surface area contributed by atoms with E-state index < -0.39 is 0 Å². The maximum Gasteiger partial charge on any atom is 0.227 e. The van der Waals surface area contributed by atoms with Crippen LogP contribution in [0.4, 0.5) is 0 Å². The maximum atomic E-state index is 11.3. The summed E-state index contributed by atoms with van der Waals surface area (Å²) in [7, 11) is 1.59. The van der Waals surface area contributed by atoms with Crippen LogP contribution in [0.1, 0.15) is 29.6 Å². The van der Waals surface area contributed by atoms with E-state index in [4.69, 9.17) is 9.26 Å². The van der Waals surface area contributed by atoms with E-state index in [0.717, 1.165) is 12.2 Å². The van der Waals surface area contributed by atoms with Crippen LogP contribution >= 0.6 is 0 Å². The topological polar surface area (TPSA) is 77.2 Å². The van der Waals surface area contributed by atoms with Gasteiger partial charge in [-0.15, -0.1) is 0 Å². The third-order valence-electron chi connectivity index (χ3n) is 3.61. The lowest BCUT2D eigenvalue weighted by Gasteiger charge is -2.24. The fraction of sp³-hybridized carbons (Fsp3) is 0.400. The Morgan fingerprint density at radius 3 is 3.14 bits per heavy atom. The van der Waals surface area contributed by atoms with E-state index in [1.54, 1.807) is 7.05 Å². The normalized spacial score (nSPS) is 16.9. The lowest BCUT2D eigenvalue weighted by Crippen LogP contribution is -2.20. The molecule has 0 radical (unpaired) electrons. The molecule has 2 aromatic rings. The zero-order valence-corrected chi connectivity index (χ0v) is 11.8. The summed E-state index contributed by atoms with van der Waals surface area (Å²) in [6, 6.07) is 8.02. The molecule has 2 heterocycles. The summed E-state index contributed by atoms with van der Waals surface area (Å²) in [6.07, 6.45) is 1.73. The largest absolute Gasteiger partial charge is 0.493 e. The molecule has 6 nitrogen and oxygen atoms in total. The van der Waals surface area contributed by atoms with Gasteiger partial charge in [-0.1, -0.05) is 23.4 Å². The quantitative estimate of drug-likeness (QED) is 0.921. The van der Waals surface area contributed by atoms with Crippen molar-refractivity contribution in [3.63, 3.8) is 0 Å². The summed E-state index contributed by atoms with van der Waals surface area (Å²) >= 11 is 0. The van der Waals surface area contributed by atoms with Crippen molar-refractivity contribution in [1.82, 2.24) is 15.5 Å². The van der Waals surface area contributed by atoms with Crippen LogP contribution in [0.15, 0.2) is 28.8 Å². The summed E-state index contributed by atoms with van der Waals surface area (Å²) in [6.45, 7) is 0.695. The molecule has 1 unspecified atom stereocenters. The number of aromatic nitrogens is 2. The molecule has 0 spiro atoms. The minimum atomic E-state index is -0.126. The molecule has 6 heteroatoms. The van der Waals surface area contributed by atoms with E-state index in [1.165, 1.54) is 5.56 Å². The third-order valence-corrected chi connectivity index (χ3v) is 3.61. The number of rotatable bonds is 4. The molecule has 1 aromatic heterocycles. The van der Waals surface area contributed by atoms with E-state index in [1.807, 2.05) is 18.2 Å². The van der Waals surface area contributed by atoms with Gasteiger partial charge < -0.3 is 14.6 Å². The number of hydrogen-bond donors (Lipinski definition) is 1. The Hall–Kier alpha value is -2.37. The summed E-state index contributed by atoms with van der Waals surface area (Å²) in [5.74, 6) is 2.10. The number of carbonyl (C=O) groups excluding carboxylic acids is 1. The number of likely N-dealkylation sites (N-methyl/N-ethyl adjacent to an activating group) is 1. The molecule has 0 aliphatic carbocycles. The average molecular weight is 287 g/mol. The van der Waals surface area contributed by atoms with Gasteiger partial charge in [-0.2, -0.15) is 4.98 Å². The van der Waals surface area contributed by atoms with Crippen molar-refractivity contribution in [3.05, 3.63) is 41.5 Å². The van der Waals surface area contributed by atoms with Gasteiger partial charge in [-0.05, 0) is 24.0 Å². The van der Waals surface area contributed by atoms with E-state index in [-0.39, 0.29) is 12.3 Å². The first-order chi connectivity index (χ1) is 10.3. The minimum absolute atomic E-state index is 0.126. The van der Waals surface area contributed by atoms with Crippen LogP contribution in [-0.2, 0) is 17.6 Å². The summed E-state index contributed by atoms with van der Waals surface area (Å²) in [5.41, 5.74) is 1.18. The molecule has 1 aliphatic rings. The standard InChI is InChI=1S/C15H17N3O3/c1-16-14(19)9-13-17-15(21-18-13)8-10-6-7-20-12-5-3-2-4-11(10)12/h2-5,10H,6-9H2,1H3,(H,16,19). The number of hydrogen-bond acceptors (Lipinski definition) is 5. The number of para-hydroxylation sites is 1. The van der Waals surface area contributed by atoms with E-state index in [9.17, 15) is 4.79 Å². The number of fused-ring (bicyclic) bond motifs is 1. The van der Waals surface area contributed by atoms with Crippen molar-refractivity contribution in [3.8, 4) is 5.75 Å². The van der Waals surface area contributed by atoms with Gasteiger partial charge in [-0.3, -0.25) is 4.79 Å². The monoisotopic (exact) mass is 287 g/mol. The van der Waals surface area contributed by atoms with Gasteiger partial charge in [0.1, 0.15) is 5.75 Å². The average Bonchev–Trinajstić information content (AvgIpc) is 2.94. The van der Waals surface area contributed by atoms with Gasteiger partial charge in [0.15, 0.2) is 5.82 Å². The van der Waals surface area contributed by atoms with Crippen LogP contribution in [0.25, 0.3) is 0 Å². The highest BCUT2D eigenvalue weighted by Crippen LogP contribution is 2.35.